The summed E-state index contributed by atoms with van der Waals surface area (Å²) in [6, 6.07) is 0. The summed E-state index contributed by atoms with van der Waals surface area (Å²) >= 11 is 0. The van der Waals surface area contributed by atoms with E-state index in [-0.39, 0.29) is 17.9 Å². The molecule has 0 aromatic rings. The lowest BCUT2D eigenvalue weighted by molar-refractivity contribution is -0.237. The predicted octanol–water partition coefficient (Wildman–Crippen LogP) is 2.33. The van der Waals surface area contributed by atoms with E-state index in [9.17, 15) is 9.69 Å². The third kappa shape index (κ3) is 4.26. The third-order valence-corrected chi connectivity index (χ3v) is 5.47. The fourth-order valence-electron chi connectivity index (χ4n) is 2.04. The first-order chi connectivity index (χ1) is 9.25. The normalized spacial score (nSPS) is 24.3. The van der Waals surface area contributed by atoms with Gasteiger partial charge in [0.15, 0.2) is 0 Å². The van der Waals surface area contributed by atoms with Crippen LogP contribution in [0, 0.1) is 11.3 Å². The summed E-state index contributed by atoms with van der Waals surface area (Å²) in [6.07, 6.45) is 3.63. The van der Waals surface area contributed by atoms with Gasteiger partial charge in [-0.3, -0.25) is 0 Å². The molecule has 1 aliphatic heterocycles. The van der Waals surface area contributed by atoms with Crippen LogP contribution in [0.2, 0.25) is 0 Å². The molecule has 2 atom stereocenters. The van der Waals surface area contributed by atoms with Gasteiger partial charge >= 0.3 is 5.97 Å². The fraction of sp³-hybridized carbons (Fsp3) is 0.786. The van der Waals surface area contributed by atoms with Crippen LogP contribution in [0.1, 0.15) is 34.6 Å². The van der Waals surface area contributed by atoms with Crippen molar-refractivity contribution in [3.63, 3.8) is 0 Å². The molecule has 0 saturated carbocycles. The molecule has 1 fully saturated rings. The van der Waals surface area contributed by atoms with Crippen molar-refractivity contribution < 1.29 is 23.5 Å². The number of esters is 1. The van der Waals surface area contributed by atoms with Crippen LogP contribution in [-0.2, 0) is 18.6 Å². The summed E-state index contributed by atoms with van der Waals surface area (Å²) < 4.78 is 16.0. The average Bonchev–Trinajstić information content (AvgIpc) is 2.34. The Morgan fingerprint density at radius 1 is 1.45 bits per heavy atom. The van der Waals surface area contributed by atoms with E-state index in [0.717, 1.165) is 0 Å². The molecule has 0 aromatic heterocycles. The van der Waals surface area contributed by atoms with Crippen molar-refractivity contribution in [1.29, 1.82) is 0 Å². The van der Waals surface area contributed by atoms with Gasteiger partial charge in [-0.25, -0.2) is 13.8 Å². The maximum atomic E-state index is 12.9. The van der Waals surface area contributed by atoms with Gasteiger partial charge in [-0.1, -0.05) is 32.9 Å². The Labute approximate surface area is 121 Å². The Bertz CT molecular complexity index is 357. The highest BCUT2D eigenvalue weighted by atomic mass is 31.2. The van der Waals surface area contributed by atoms with Crippen LogP contribution in [0.15, 0.2) is 12.2 Å². The standard InChI is InChI=1S/C14H25O5P/c1-6-8-11(3)12(13(15)17-7-2)20(16)18-9-14(4,5)10-19-20/h6,8,11-12H,7,9-10H2,1-5H3/b8-6+. The monoisotopic (exact) mass is 304 g/mol. The van der Waals surface area contributed by atoms with Gasteiger partial charge in [-0.05, 0) is 13.8 Å². The fourth-order valence-corrected chi connectivity index (χ4v) is 4.50. The molecule has 0 radical (unpaired) electrons. The van der Waals surface area contributed by atoms with E-state index in [4.69, 9.17) is 13.8 Å². The molecule has 0 spiro atoms. The molecular formula is C14H25O5P. The second kappa shape index (κ2) is 6.99. The Morgan fingerprint density at radius 2 is 2.00 bits per heavy atom. The number of allylic oxidation sites excluding steroid dienone is 2. The zero-order valence-corrected chi connectivity index (χ0v) is 13.8. The van der Waals surface area contributed by atoms with Crippen molar-refractivity contribution in [1.82, 2.24) is 0 Å². The number of carbonyl (C=O) groups excluding carboxylic acids is 1. The molecule has 6 heteroatoms. The Hall–Kier alpha value is -0.480. The Kier molecular flexibility index (Phi) is 6.14. The maximum absolute atomic E-state index is 12.9. The first-order valence-electron chi connectivity index (χ1n) is 6.94. The zero-order chi connectivity index (χ0) is 15.4. The van der Waals surface area contributed by atoms with Gasteiger partial charge in [0, 0.05) is 11.3 Å². The third-order valence-electron chi connectivity index (χ3n) is 3.13. The molecule has 2 unspecified atom stereocenters. The van der Waals surface area contributed by atoms with Crippen molar-refractivity contribution in [2.24, 2.45) is 11.3 Å². The zero-order valence-electron chi connectivity index (χ0n) is 12.9. The lowest BCUT2D eigenvalue weighted by Gasteiger charge is -2.41. The molecule has 0 aliphatic carbocycles. The van der Waals surface area contributed by atoms with Gasteiger partial charge in [-0.2, -0.15) is 0 Å². The van der Waals surface area contributed by atoms with E-state index in [0.29, 0.717) is 13.2 Å². The molecule has 116 valence electrons. The van der Waals surface area contributed by atoms with Crippen LogP contribution in [0.3, 0.4) is 0 Å². The second-order valence-electron chi connectivity index (χ2n) is 5.83. The van der Waals surface area contributed by atoms with Gasteiger partial charge in [0.25, 0.3) is 7.94 Å². The minimum atomic E-state index is -3.50. The van der Waals surface area contributed by atoms with E-state index >= 15 is 0 Å². The highest BCUT2D eigenvalue weighted by Gasteiger charge is 2.53. The molecule has 1 rings (SSSR count). The van der Waals surface area contributed by atoms with Crippen LogP contribution >= 0.6 is 7.94 Å². The number of rotatable bonds is 5. The molecule has 1 saturated heterocycles. The Balaban J connectivity index is 2.95. The van der Waals surface area contributed by atoms with Crippen LogP contribution < -0.4 is 4.89 Å². The summed E-state index contributed by atoms with van der Waals surface area (Å²) in [5.74, 6) is -0.799. The van der Waals surface area contributed by atoms with Crippen LogP contribution in [0.25, 0.3) is 0 Å². The molecule has 0 aromatic carbocycles. The van der Waals surface area contributed by atoms with Gasteiger partial charge < -0.3 is 9.63 Å². The summed E-state index contributed by atoms with van der Waals surface area (Å²) in [5, 5.41) is 0. The largest absolute Gasteiger partial charge is 0.631 e. The number of hydrogen-bond acceptors (Lipinski definition) is 5. The van der Waals surface area contributed by atoms with E-state index in [1.54, 1.807) is 6.92 Å². The van der Waals surface area contributed by atoms with Crippen molar-refractivity contribution in [2.75, 3.05) is 19.8 Å². The minimum Gasteiger partial charge on any atom is -0.631 e. The highest BCUT2D eigenvalue weighted by Crippen LogP contribution is 2.63. The SMILES string of the molecule is C/C=C/C(C)C(C(=O)OCC)[P+]1([O-])OCC(C)(C)CO1. The summed E-state index contributed by atoms with van der Waals surface area (Å²) in [7, 11) is -3.50. The lowest BCUT2D eigenvalue weighted by atomic mass is 9.97. The van der Waals surface area contributed by atoms with Crippen LogP contribution in [0.4, 0.5) is 0 Å². The van der Waals surface area contributed by atoms with Gasteiger partial charge in [0.1, 0.15) is 13.2 Å². The molecule has 1 aliphatic rings. The molecule has 5 nitrogen and oxygen atoms in total. The quantitative estimate of drug-likeness (QED) is 0.443. The van der Waals surface area contributed by atoms with Crippen molar-refractivity contribution >= 4 is 13.9 Å². The summed E-state index contributed by atoms with van der Waals surface area (Å²) in [6.45, 7) is 10.2. The molecule has 0 N–H and O–H groups in total. The Morgan fingerprint density at radius 3 is 2.45 bits per heavy atom. The topological polar surface area (TPSA) is 67.8 Å². The van der Waals surface area contributed by atoms with Crippen molar-refractivity contribution in [3.8, 4) is 0 Å². The summed E-state index contributed by atoms with van der Waals surface area (Å²) in [4.78, 5) is 25.0. The van der Waals surface area contributed by atoms with Gasteiger partial charge in [0.05, 0.1) is 6.61 Å². The van der Waals surface area contributed by atoms with E-state index < -0.39 is 19.6 Å². The number of carbonyl (C=O) groups is 1. The number of hydrogen-bond donors (Lipinski definition) is 0. The molecule has 0 bridgehead atoms. The summed E-state index contributed by atoms with van der Waals surface area (Å²) in [5.41, 5.74) is -1.11. The molecular weight excluding hydrogens is 279 g/mol. The molecule has 0 amide bonds. The first-order valence-corrected chi connectivity index (χ1v) is 8.55. The van der Waals surface area contributed by atoms with Gasteiger partial charge in [0.2, 0.25) is 5.66 Å². The van der Waals surface area contributed by atoms with Crippen LogP contribution in [-0.4, -0.2) is 31.4 Å². The van der Waals surface area contributed by atoms with Gasteiger partial charge in [-0.15, -0.1) is 0 Å². The maximum Gasteiger partial charge on any atom is 0.352 e. The van der Waals surface area contributed by atoms with Crippen molar-refractivity contribution in [2.45, 2.75) is 40.3 Å². The van der Waals surface area contributed by atoms with E-state index in [1.807, 2.05) is 39.8 Å². The average molecular weight is 304 g/mol. The first kappa shape index (κ1) is 17.6. The molecule has 1 heterocycles. The van der Waals surface area contributed by atoms with Crippen molar-refractivity contribution in [3.05, 3.63) is 12.2 Å². The second-order valence-corrected chi connectivity index (χ2v) is 7.99. The molecule has 20 heavy (non-hydrogen) atoms. The highest BCUT2D eigenvalue weighted by molar-refractivity contribution is 7.61. The predicted molar refractivity (Wildman–Crippen MR) is 77.0 cm³/mol. The smallest absolute Gasteiger partial charge is 0.352 e. The van der Waals surface area contributed by atoms with E-state index in [1.165, 1.54) is 0 Å². The van der Waals surface area contributed by atoms with E-state index in [2.05, 4.69) is 0 Å². The number of ether oxygens (including phenoxy) is 1. The lowest BCUT2D eigenvalue weighted by Crippen LogP contribution is -2.44. The minimum absolute atomic E-state index is 0.197. The van der Waals surface area contributed by atoms with Crippen LogP contribution in [0.5, 0.6) is 0 Å².